The lowest BCUT2D eigenvalue weighted by Crippen LogP contribution is -2.34. The van der Waals surface area contributed by atoms with Crippen LogP contribution in [0.4, 0.5) is 5.13 Å². The van der Waals surface area contributed by atoms with Gasteiger partial charge in [0.25, 0.3) is 0 Å². The van der Waals surface area contributed by atoms with E-state index in [2.05, 4.69) is 22.3 Å². The number of carbonyl (C=O) groups is 1. The summed E-state index contributed by atoms with van der Waals surface area (Å²) in [5.74, 6) is 0.546. The number of anilines is 1. The summed E-state index contributed by atoms with van der Waals surface area (Å²) < 4.78 is 5.91. The summed E-state index contributed by atoms with van der Waals surface area (Å²) in [5, 5.41) is 5.44. The Labute approximate surface area is 192 Å². The molecule has 1 fully saturated rings. The molecule has 0 spiro atoms. The van der Waals surface area contributed by atoms with E-state index >= 15 is 0 Å². The molecule has 2 heterocycles. The van der Waals surface area contributed by atoms with Crippen LogP contribution in [0.1, 0.15) is 30.4 Å². The molecular weight excluding hydrogens is 430 g/mol. The molecule has 0 amide bonds. The van der Waals surface area contributed by atoms with Crippen molar-refractivity contribution in [2.24, 2.45) is 5.92 Å². The van der Waals surface area contributed by atoms with E-state index in [1.165, 1.54) is 31.9 Å². The van der Waals surface area contributed by atoms with Crippen molar-refractivity contribution in [1.29, 1.82) is 0 Å². The van der Waals surface area contributed by atoms with Gasteiger partial charge in [0.05, 0.1) is 23.7 Å². The van der Waals surface area contributed by atoms with Crippen molar-refractivity contribution < 1.29 is 9.53 Å². The highest BCUT2D eigenvalue weighted by Crippen LogP contribution is 2.33. The third kappa shape index (κ3) is 5.97. The lowest BCUT2D eigenvalue weighted by molar-refractivity contribution is -0.139. The van der Waals surface area contributed by atoms with Gasteiger partial charge in [-0.15, -0.1) is 0 Å². The molecule has 5 nitrogen and oxygen atoms in total. The lowest BCUT2D eigenvalue weighted by atomic mass is 9.94. The van der Waals surface area contributed by atoms with Crippen molar-refractivity contribution in [1.82, 2.24) is 10.3 Å². The van der Waals surface area contributed by atoms with Gasteiger partial charge in [0, 0.05) is 24.7 Å². The van der Waals surface area contributed by atoms with Crippen molar-refractivity contribution in [2.75, 3.05) is 31.6 Å². The summed E-state index contributed by atoms with van der Waals surface area (Å²) in [7, 11) is 1.42. The maximum absolute atomic E-state index is 11.5. The highest BCUT2D eigenvalue weighted by molar-refractivity contribution is 7.22. The van der Waals surface area contributed by atoms with Crippen LogP contribution < -0.4 is 10.2 Å². The van der Waals surface area contributed by atoms with E-state index in [1.807, 2.05) is 30.3 Å². The first-order valence-electron chi connectivity index (χ1n) is 10.8. The quantitative estimate of drug-likeness (QED) is 0.378. The predicted molar refractivity (Wildman–Crippen MR) is 128 cm³/mol. The number of nitrogens with one attached hydrogen (secondary N) is 1. The Hall–Kier alpha value is -2.15. The molecule has 3 aromatic rings. The standard InChI is InChI=1S/C24H28ClN3O2S/c1-30-23(29)14-18-3-2-4-19(13-18)16-26-10-7-17-8-11-28(12-9-17)24-27-21-6-5-20(25)15-22(21)31-24/h2-6,13,15,17,26H,7-12,14,16H2,1H3. The number of methoxy groups -OCH3 is 1. The second kappa shape index (κ2) is 10.4. The first kappa shape index (κ1) is 22.1. The van der Waals surface area contributed by atoms with Crippen molar-refractivity contribution in [2.45, 2.75) is 32.2 Å². The van der Waals surface area contributed by atoms with Gasteiger partial charge in [0.2, 0.25) is 0 Å². The molecule has 1 aliphatic heterocycles. The van der Waals surface area contributed by atoms with E-state index in [4.69, 9.17) is 21.3 Å². The minimum absolute atomic E-state index is 0.203. The number of ether oxygens (including phenoxy) is 1. The number of aromatic nitrogens is 1. The molecule has 0 saturated carbocycles. The molecule has 1 N–H and O–H groups in total. The fourth-order valence-corrected chi connectivity index (χ4v) is 5.36. The zero-order valence-corrected chi connectivity index (χ0v) is 19.3. The van der Waals surface area contributed by atoms with Crippen LogP contribution in [0.5, 0.6) is 0 Å². The molecule has 31 heavy (non-hydrogen) atoms. The molecule has 0 atom stereocenters. The van der Waals surface area contributed by atoms with Gasteiger partial charge < -0.3 is 15.0 Å². The van der Waals surface area contributed by atoms with E-state index in [-0.39, 0.29) is 5.97 Å². The molecule has 7 heteroatoms. The second-order valence-electron chi connectivity index (χ2n) is 8.08. The molecule has 164 valence electrons. The van der Waals surface area contributed by atoms with Gasteiger partial charge in [-0.3, -0.25) is 4.79 Å². The van der Waals surface area contributed by atoms with Crippen molar-refractivity contribution in [3.05, 3.63) is 58.6 Å². The number of halogens is 1. The smallest absolute Gasteiger partial charge is 0.309 e. The number of rotatable bonds is 8. The van der Waals surface area contributed by atoms with Crippen LogP contribution in [0, 0.1) is 5.92 Å². The van der Waals surface area contributed by atoms with E-state index in [0.717, 1.165) is 58.0 Å². The Balaban J connectivity index is 1.19. The number of carbonyl (C=O) groups excluding carboxylic acids is 1. The fourth-order valence-electron chi connectivity index (χ4n) is 4.06. The van der Waals surface area contributed by atoms with Gasteiger partial charge in [-0.05, 0) is 61.1 Å². The SMILES string of the molecule is COC(=O)Cc1cccc(CNCCC2CCN(c3nc4ccc(Cl)cc4s3)CC2)c1. The minimum Gasteiger partial charge on any atom is -0.469 e. The van der Waals surface area contributed by atoms with Crippen LogP contribution in [0.25, 0.3) is 10.2 Å². The summed E-state index contributed by atoms with van der Waals surface area (Å²) in [6.07, 6.45) is 3.91. The molecule has 0 unspecified atom stereocenters. The Morgan fingerprint density at radius 3 is 2.84 bits per heavy atom. The van der Waals surface area contributed by atoms with Crippen LogP contribution in [0.3, 0.4) is 0 Å². The summed E-state index contributed by atoms with van der Waals surface area (Å²) in [6, 6.07) is 14.0. The summed E-state index contributed by atoms with van der Waals surface area (Å²) in [6.45, 7) is 3.95. The maximum atomic E-state index is 11.5. The highest BCUT2D eigenvalue weighted by Gasteiger charge is 2.21. The molecule has 2 aromatic carbocycles. The number of benzene rings is 2. The molecule has 1 saturated heterocycles. The summed E-state index contributed by atoms with van der Waals surface area (Å²) in [5.41, 5.74) is 3.23. The maximum Gasteiger partial charge on any atom is 0.309 e. The molecule has 1 aliphatic rings. The summed E-state index contributed by atoms with van der Waals surface area (Å²) >= 11 is 7.84. The molecule has 1 aromatic heterocycles. The number of nitrogens with zero attached hydrogens (tertiary/aromatic N) is 2. The minimum atomic E-state index is -0.203. The number of hydrogen-bond donors (Lipinski definition) is 1. The largest absolute Gasteiger partial charge is 0.469 e. The van der Waals surface area contributed by atoms with Gasteiger partial charge >= 0.3 is 5.97 Å². The van der Waals surface area contributed by atoms with Gasteiger partial charge in [0.15, 0.2) is 5.13 Å². The van der Waals surface area contributed by atoms with E-state index < -0.39 is 0 Å². The topological polar surface area (TPSA) is 54.5 Å². The van der Waals surface area contributed by atoms with Crippen LogP contribution in [-0.4, -0.2) is 37.7 Å². The van der Waals surface area contributed by atoms with E-state index in [1.54, 1.807) is 11.3 Å². The Morgan fingerprint density at radius 1 is 1.23 bits per heavy atom. The van der Waals surface area contributed by atoms with Crippen LogP contribution in [-0.2, 0) is 22.5 Å². The Morgan fingerprint density at radius 2 is 2.03 bits per heavy atom. The monoisotopic (exact) mass is 457 g/mol. The van der Waals surface area contributed by atoms with E-state index in [0.29, 0.717) is 6.42 Å². The zero-order chi connectivity index (χ0) is 21.6. The third-order valence-electron chi connectivity index (χ3n) is 5.85. The zero-order valence-electron chi connectivity index (χ0n) is 17.8. The number of hydrogen-bond acceptors (Lipinski definition) is 6. The van der Waals surface area contributed by atoms with Crippen LogP contribution in [0.2, 0.25) is 5.02 Å². The number of fused-ring (bicyclic) bond motifs is 1. The number of esters is 1. The second-order valence-corrected chi connectivity index (χ2v) is 9.52. The van der Waals surface area contributed by atoms with Gasteiger partial charge in [-0.2, -0.15) is 0 Å². The van der Waals surface area contributed by atoms with Gasteiger partial charge in [-0.1, -0.05) is 47.2 Å². The highest BCUT2D eigenvalue weighted by atomic mass is 35.5. The summed E-state index contributed by atoms with van der Waals surface area (Å²) in [4.78, 5) is 18.6. The lowest BCUT2D eigenvalue weighted by Gasteiger charge is -2.31. The van der Waals surface area contributed by atoms with Crippen LogP contribution in [0.15, 0.2) is 42.5 Å². The Kier molecular flexibility index (Phi) is 7.43. The Bertz CT molecular complexity index is 1030. The third-order valence-corrected chi connectivity index (χ3v) is 7.16. The first-order chi connectivity index (χ1) is 15.1. The molecule has 0 aliphatic carbocycles. The first-order valence-corrected chi connectivity index (χ1v) is 12.0. The van der Waals surface area contributed by atoms with Crippen LogP contribution >= 0.6 is 22.9 Å². The normalized spacial score (nSPS) is 14.8. The van der Waals surface area contributed by atoms with Gasteiger partial charge in [-0.25, -0.2) is 4.98 Å². The average molecular weight is 458 g/mol. The number of piperidine rings is 1. The molecule has 4 rings (SSSR count). The van der Waals surface area contributed by atoms with E-state index in [9.17, 15) is 4.79 Å². The molecular formula is C24H28ClN3O2S. The van der Waals surface area contributed by atoms with Gasteiger partial charge in [0.1, 0.15) is 0 Å². The fraction of sp³-hybridized carbons (Fsp3) is 0.417. The van der Waals surface area contributed by atoms with Crippen molar-refractivity contribution in [3.8, 4) is 0 Å². The van der Waals surface area contributed by atoms with Crippen molar-refractivity contribution >= 4 is 44.3 Å². The number of thiazole rings is 1. The van der Waals surface area contributed by atoms with Crippen molar-refractivity contribution in [3.63, 3.8) is 0 Å². The molecule has 0 radical (unpaired) electrons. The predicted octanol–water partition coefficient (Wildman–Crippen LogP) is 5.06. The molecule has 0 bridgehead atoms. The average Bonchev–Trinajstić information content (AvgIpc) is 3.20.